The SMILES string of the molecule is CCCC1=C(C(=O)OCC)C(c2ccc3c(c2)OCO3)n2c(s/c(=C\c3ccc(Br)cc3)c2=O)=N1. The molecule has 0 bridgehead atoms. The summed E-state index contributed by atoms with van der Waals surface area (Å²) in [5, 5.41) is 0. The number of thiazole rings is 1. The fourth-order valence-electron chi connectivity index (χ4n) is 4.23. The smallest absolute Gasteiger partial charge is 0.338 e. The molecule has 1 atom stereocenters. The van der Waals surface area contributed by atoms with E-state index in [1.165, 1.54) is 11.3 Å². The fraction of sp³-hybridized carbons (Fsp3) is 0.269. The Morgan fingerprint density at radius 1 is 1.20 bits per heavy atom. The zero-order valence-electron chi connectivity index (χ0n) is 19.2. The monoisotopic (exact) mass is 554 g/mol. The van der Waals surface area contributed by atoms with Crippen molar-refractivity contribution < 1.29 is 19.0 Å². The Bertz CT molecular complexity index is 1500. The normalized spacial score (nSPS) is 16.8. The molecule has 0 N–H and O–H groups in total. The second-order valence-electron chi connectivity index (χ2n) is 8.08. The topological polar surface area (TPSA) is 79.1 Å². The summed E-state index contributed by atoms with van der Waals surface area (Å²) < 4.78 is 19.6. The molecule has 0 amide bonds. The van der Waals surface area contributed by atoms with E-state index in [1.807, 2.05) is 49.4 Å². The Morgan fingerprint density at radius 3 is 2.71 bits per heavy atom. The molecule has 35 heavy (non-hydrogen) atoms. The van der Waals surface area contributed by atoms with Crippen LogP contribution in [0.1, 0.15) is 43.9 Å². The Balaban J connectivity index is 1.75. The fourth-order valence-corrected chi connectivity index (χ4v) is 5.51. The molecular weight excluding hydrogens is 532 g/mol. The molecule has 2 aliphatic rings. The minimum Gasteiger partial charge on any atom is -0.463 e. The molecule has 0 aliphatic carbocycles. The van der Waals surface area contributed by atoms with E-state index in [0.29, 0.717) is 38.5 Å². The predicted molar refractivity (Wildman–Crippen MR) is 136 cm³/mol. The highest BCUT2D eigenvalue weighted by molar-refractivity contribution is 9.10. The quantitative estimate of drug-likeness (QED) is 0.429. The maximum Gasteiger partial charge on any atom is 0.338 e. The van der Waals surface area contributed by atoms with Gasteiger partial charge in [-0.25, -0.2) is 9.79 Å². The molecule has 7 nitrogen and oxygen atoms in total. The van der Waals surface area contributed by atoms with E-state index in [0.717, 1.165) is 22.0 Å². The van der Waals surface area contributed by atoms with Crippen LogP contribution in [0.5, 0.6) is 11.5 Å². The third-order valence-corrected chi connectivity index (χ3v) is 7.28. The molecule has 1 unspecified atom stereocenters. The van der Waals surface area contributed by atoms with Crippen molar-refractivity contribution in [3.8, 4) is 11.5 Å². The Labute approximate surface area is 214 Å². The van der Waals surface area contributed by atoms with Crippen LogP contribution in [0.25, 0.3) is 6.08 Å². The predicted octanol–water partition coefficient (Wildman–Crippen LogP) is 4.07. The number of carbonyl (C=O) groups is 1. The van der Waals surface area contributed by atoms with Gasteiger partial charge in [-0.3, -0.25) is 9.36 Å². The van der Waals surface area contributed by atoms with Crippen molar-refractivity contribution in [2.45, 2.75) is 32.7 Å². The van der Waals surface area contributed by atoms with Gasteiger partial charge < -0.3 is 14.2 Å². The molecule has 5 rings (SSSR count). The lowest BCUT2D eigenvalue weighted by Gasteiger charge is -2.25. The van der Waals surface area contributed by atoms with E-state index in [1.54, 1.807) is 17.6 Å². The van der Waals surface area contributed by atoms with Gasteiger partial charge in [0.2, 0.25) is 6.79 Å². The van der Waals surface area contributed by atoms with E-state index in [-0.39, 0.29) is 19.0 Å². The highest BCUT2D eigenvalue weighted by Gasteiger charge is 2.35. The van der Waals surface area contributed by atoms with Gasteiger partial charge in [0.1, 0.15) is 0 Å². The van der Waals surface area contributed by atoms with Crippen LogP contribution in [-0.2, 0) is 9.53 Å². The van der Waals surface area contributed by atoms with Crippen LogP contribution in [0.15, 0.2) is 68.0 Å². The highest BCUT2D eigenvalue weighted by Crippen LogP contribution is 2.38. The Morgan fingerprint density at radius 2 is 1.97 bits per heavy atom. The van der Waals surface area contributed by atoms with E-state index in [2.05, 4.69) is 15.9 Å². The number of ether oxygens (including phenoxy) is 3. The lowest BCUT2D eigenvalue weighted by molar-refractivity contribution is -0.139. The molecule has 0 spiro atoms. The number of aromatic nitrogens is 1. The maximum atomic E-state index is 13.7. The number of halogens is 1. The molecule has 9 heteroatoms. The second-order valence-corrected chi connectivity index (χ2v) is 10.0. The lowest BCUT2D eigenvalue weighted by Crippen LogP contribution is -2.40. The summed E-state index contributed by atoms with van der Waals surface area (Å²) in [5.74, 6) is 0.744. The van der Waals surface area contributed by atoms with E-state index in [9.17, 15) is 9.59 Å². The number of nitrogens with zero attached hydrogens (tertiary/aromatic N) is 2. The van der Waals surface area contributed by atoms with Crippen molar-refractivity contribution >= 4 is 39.3 Å². The largest absolute Gasteiger partial charge is 0.463 e. The maximum absolute atomic E-state index is 13.7. The first kappa shape index (κ1) is 23.6. The van der Waals surface area contributed by atoms with Crippen molar-refractivity contribution in [3.05, 3.63) is 89.0 Å². The zero-order valence-corrected chi connectivity index (χ0v) is 21.6. The summed E-state index contributed by atoms with van der Waals surface area (Å²) in [5.41, 5.74) is 2.45. The third-order valence-electron chi connectivity index (χ3n) is 5.77. The van der Waals surface area contributed by atoms with Gasteiger partial charge in [0, 0.05) is 4.47 Å². The van der Waals surface area contributed by atoms with Crippen molar-refractivity contribution in [2.75, 3.05) is 13.4 Å². The molecule has 3 heterocycles. The first-order valence-electron chi connectivity index (χ1n) is 11.4. The molecule has 0 saturated heterocycles. The van der Waals surface area contributed by atoms with Gasteiger partial charge in [-0.2, -0.15) is 0 Å². The summed E-state index contributed by atoms with van der Waals surface area (Å²) in [4.78, 5) is 32.3. The first-order valence-corrected chi connectivity index (χ1v) is 13.0. The number of fused-ring (bicyclic) bond motifs is 2. The Kier molecular flexibility index (Phi) is 6.62. The first-order chi connectivity index (χ1) is 17.0. The average molecular weight is 555 g/mol. The van der Waals surface area contributed by atoms with Gasteiger partial charge in [0.15, 0.2) is 16.3 Å². The molecular formula is C26H23BrN2O5S. The highest BCUT2D eigenvalue weighted by atomic mass is 79.9. The summed E-state index contributed by atoms with van der Waals surface area (Å²) in [6.45, 7) is 4.16. The Hall–Kier alpha value is -3.17. The van der Waals surface area contributed by atoms with Gasteiger partial charge in [-0.1, -0.05) is 58.8 Å². The van der Waals surface area contributed by atoms with E-state index in [4.69, 9.17) is 19.2 Å². The number of hydrogen-bond donors (Lipinski definition) is 0. The summed E-state index contributed by atoms with van der Waals surface area (Å²) in [7, 11) is 0. The van der Waals surface area contributed by atoms with Crippen molar-refractivity contribution in [3.63, 3.8) is 0 Å². The number of carbonyl (C=O) groups excluding carboxylic acids is 1. The summed E-state index contributed by atoms with van der Waals surface area (Å²) in [6.07, 6.45) is 3.23. The summed E-state index contributed by atoms with van der Waals surface area (Å²) >= 11 is 4.76. The standard InChI is InChI=1S/C26H23BrN2O5S/c1-3-5-18-22(25(31)32-4-2)23(16-8-11-19-20(13-16)34-14-33-19)29-24(30)21(35-26(29)28-18)12-15-6-9-17(27)10-7-15/h6-13,23H,3-5,14H2,1-2H3/b21-12-. The van der Waals surface area contributed by atoms with Crippen LogP contribution in [0, 0.1) is 0 Å². The van der Waals surface area contributed by atoms with Crippen LogP contribution in [-0.4, -0.2) is 23.9 Å². The second kappa shape index (κ2) is 9.83. The van der Waals surface area contributed by atoms with Crippen molar-refractivity contribution in [1.82, 2.24) is 4.57 Å². The number of allylic oxidation sites excluding steroid dienone is 1. The molecule has 1 aromatic heterocycles. The average Bonchev–Trinajstić information content (AvgIpc) is 3.44. The number of esters is 1. The lowest BCUT2D eigenvalue weighted by atomic mass is 9.94. The van der Waals surface area contributed by atoms with Crippen LogP contribution >= 0.6 is 27.3 Å². The number of hydrogen-bond acceptors (Lipinski definition) is 7. The van der Waals surface area contributed by atoms with Crippen molar-refractivity contribution in [1.29, 1.82) is 0 Å². The van der Waals surface area contributed by atoms with Gasteiger partial charge in [-0.05, 0) is 54.8 Å². The van der Waals surface area contributed by atoms with Gasteiger partial charge in [0.05, 0.1) is 28.5 Å². The number of rotatable bonds is 6. The minimum absolute atomic E-state index is 0.135. The van der Waals surface area contributed by atoms with Gasteiger partial charge in [0.25, 0.3) is 5.56 Å². The van der Waals surface area contributed by atoms with E-state index < -0.39 is 12.0 Å². The van der Waals surface area contributed by atoms with Gasteiger partial charge >= 0.3 is 5.97 Å². The van der Waals surface area contributed by atoms with Crippen LogP contribution in [0.4, 0.5) is 0 Å². The third kappa shape index (κ3) is 4.46. The zero-order chi connectivity index (χ0) is 24.5. The molecule has 0 fully saturated rings. The molecule has 0 saturated carbocycles. The molecule has 2 aromatic carbocycles. The van der Waals surface area contributed by atoms with Crippen LogP contribution in [0.3, 0.4) is 0 Å². The molecule has 180 valence electrons. The van der Waals surface area contributed by atoms with Crippen molar-refractivity contribution in [2.24, 2.45) is 4.99 Å². The van der Waals surface area contributed by atoms with Crippen LogP contribution < -0.4 is 24.4 Å². The molecule has 3 aromatic rings. The van der Waals surface area contributed by atoms with Gasteiger partial charge in [-0.15, -0.1) is 0 Å². The molecule has 0 radical (unpaired) electrons. The summed E-state index contributed by atoms with van der Waals surface area (Å²) in [6, 6.07) is 12.5. The van der Waals surface area contributed by atoms with E-state index >= 15 is 0 Å². The van der Waals surface area contributed by atoms with Crippen LogP contribution in [0.2, 0.25) is 0 Å². The minimum atomic E-state index is -0.687. The number of benzene rings is 2. The molecule has 2 aliphatic heterocycles.